The highest BCUT2D eigenvalue weighted by molar-refractivity contribution is 6.04. The summed E-state index contributed by atoms with van der Waals surface area (Å²) < 4.78 is 0. The molecule has 8 heteroatoms. The molecular weight excluding hydrogens is 440 g/mol. The summed E-state index contributed by atoms with van der Waals surface area (Å²) in [5.74, 6) is 0.183. The number of pyridine rings is 1. The molecule has 0 unspecified atom stereocenters. The first-order valence-electron chi connectivity index (χ1n) is 10.9. The fourth-order valence-electron chi connectivity index (χ4n) is 4.04. The van der Waals surface area contributed by atoms with Gasteiger partial charge in [-0.1, -0.05) is 36.4 Å². The van der Waals surface area contributed by atoms with E-state index in [4.69, 9.17) is 0 Å². The Morgan fingerprint density at radius 3 is 2.51 bits per heavy atom. The monoisotopic (exact) mass is 458 g/mol. The highest BCUT2D eigenvalue weighted by Gasteiger charge is 2.14. The van der Waals surface area contributed by atoms with Crippen LogP contribution in [0.4, 0.5) is 5.69 Å². The number of carbonyl (C=O) groups is 1. The number of para-hydroxylation sites is 1. The van der Waals surface area contributed by atoms with Crippen LogP contribution in [0, 0.1) is 0 Å². The van der Waals surface area contributed by atoms with E-state index < -0.39 is 0 Å². The third kappa shape index (κ3) is 3.83. The van der Waals surface area contributed by atoms with Gasteiger partial charge >= 0.3 is 0 Å². The lowest BCUT2D eigenvalue weighted by Crippen LogP contribution is -2.11. The zero-order valence-electron chi connectivity index (χ0n) is 18.3. The Morgan fingerprint density at radius 1 is 0.800 bits per heavy atom. The molecule has 3 aromatic carbocycles. The number of nitrogens with zero attached hydrogens (tertiary/aromatic N) is 3. The molecule has 168 valence electrons. The predicted octanol–water partition coefficient (Wildman–Crippen LogP) is 4.78. The first-order valence-corrected chi connectivity index (χ1v) is 10.9. The molecule has 3 heterocycles. The van der Waals surface area contributed by atoms with Gasteiger partial charge in [-0.15, -0.1) is 0 Å². The van der Waals surface area contributed by atoms with E-state index in [0.717, 1.165) is 22.0 Å². The Kier molecular flexibility index (Phi) is 4.89. The second-order valence-electron chi connectivity index (χ2n) is 8.05. The number of nitrogens with one attached hydrogen (secondary N) is 3. The quantitative estimate of drug-likeness (QED) is 0.352. The van der Waals surface area contributed by atoms with E-state index >= 15 is 0 Å². The second-order valence-corrected chi connectivity index (χ2v) is 8.05. The van der Waals surface area contributed by atoms with Crippen LogP contribution >= 0.6 is 0 Å². The largest absolute Gasteiger partial charge is 0.338 e. The standard InChI is InChI=1S/C27H18N6O2/c34-26(16-6-2-1-3-7-16)29-19-12-18(14-28-15-19)17-10-11-23-21(13-17)24(33-32-23)25-30-22-9-5-4-8-20(22)27(35)31-25/h1-15H,(H,29,34)(H,32,33)(H,30,31,35). The summed E-state index contributed by atoms with van der Waals surface area (Å²) in [4.78, 5) is 36.8. The van der Waals surface area contributed by atoms with Gasteiger partial charge in [0, 0.05) is 22.7 Å². The SMILES string of the molecule is O=C(Nc1cncc(-c2ccc3[nH]nc(-c4nc(=O)c5ccccc5[nH]4)c3c2)c1)c1ccccc1. The Labute approximate surface area is 198 Å². The highest BCUT2D eigenvalue weighted by atomic mass is 16.1. The number of carbonyl (C=O) groups excluding carboxylic acids is 1. The van der Waals surface area contributed by atoms with Gasteiger partial charge in [-0.2, -0.15) is 10.1 Å². The summed E-state index contributed by atoms with van der Waals surface area (Å²) in [6, 6.07) is 23.9. The van der Waals surface area contributed by atoms with E-state index in [1.54, 1.807) is 36.7 Å². The maximum absolute atomic E-state index is 12.5. The number of rotatable bonds is 4. The van der Waals surface area contributed by atoms with E-state index in [1.165, 1.54) is 0 Å². The maximum atomic E-state index is 12.5. The van der Waals surface area contributed by atoms with Crippen molar-refractivity contribution in [1.29, 1.82) is 0 Å². The first-order chi connectivity index (χ1) is 17.2. The van der Waals surface area contributed by atoms with Crippen molar-refractivity contribution >= 4 is 33.4 Å². The van der Waals surface area contributed by atoms with E-state index in [9.17, 15) is 9.59 Å². The molecule has 0 radical (unpaired) electrons. The first kappa shape index (κ1) is 20.5. The Bertz CT molecular complexity index is 1770. The van der Waals surface area contributed by atoms with Crippen LogP contribution in [0.1, 0.15) is 10.4 Å². The second kappa shape index (κ2) is 8.35. The van der Waals surface area contributed by atoms with Gasteiger partial charge in [0.05, 0.1) is 28.3 Å². The molecule has 3 N–H and O–H groups in total. The zero-order valence-corrected chi connectivity index (χ0v) is 18.3. The normalized spacial score (nSPS) is 11.1. The van der Waals surface area contributed by atoms with E-state index in [1.807, 2.05) is 54.6 Å². The number of fused-ring (bicyclic) bond motifs is 2. The molecule has 0 spiro atoms. The Hall–Kier alpha value is -5.11. The zero-order chi connectivity index (χ0) is 23.8. The minimum absolute atomic E-state index is 0.205. The maximum Gasteiger partial charge on any atom is 0.281 e. The van der Waals surface area contributed by atoms with E-state index in [2.05, 4.69) is 30.5 Å². The van der Waals surface area contributed by atoms with Crippen LogP contribution in [-0.4, -0.2) is 31.1 Å². The molecule has 35 heavy (non-hydrogen) atoms. The van der Waals surface area contributed by atoms with Crippen LogP contribution in [0.5, 0.6) is 0 Å². The van der Waals surface area contributed by atoms with Crippen LogP contribution < -0.4 is 10.9 Å². The predicted molar refractivity (Wildman–Crippen MR) is 135 cm³/mol. The summed E-state index contributed by atoms with van der Waals surface area (Å²) in [5.41, 5.74) is 4.60. The van der Waals surface area contributed by atoms with Crippen molar-refractivity contribution in [2.45, 2.75) is 0 Å². The number of aromatic amines is 2. The van der Waals surface area contributed by atoms with Crippen molar-refractivity contribution in [3.05, 3.63) is 107 Å². The Balaban J connectivity index is 1.38. The van der Waals surface area contributed by atoms with Crippen LogP contribution in [0.25, 0.3) is 44.5 Å². The topological polar surface area (TPSA) is 116 Å². The van der Waals surface area contributed by atoms with Crippen LogP contribution in [0.2, 0.25) is 0 Å². The molecule has 0 atom stereocenters. The van der Waals surface area contributed by atoms with Crippen molar-refractivity contribution in [3.8, 4) is 22.6 Å². The number of benzene rings is 3. The van der Waals surface area contributed by atoms with Gasteiger partial charge in [0.25, 0.3) is 11.5 Å². The fraction of sp³-hybridized carbons (Fsp3) is 0. The lowest BCUT2D eigenvalue weighted by molar-refractivity contribution is 0.102. The van der Waals surface area contributed by atoms with Gasteiger partial charge < -0.3 is 10.3 Å². The molecule has 1 amide bonds. The molecule has 0 saturated carbocycles. The number of anilines is 1. The van der Waals surface area contributed by atoms with Crippen molar-refractivity contribution < 1.29 is 4.79 Å². The number of H-pyrrole nitrogens is 2. The Morgan fingerprint density at radius 2 is 1.63 bits per heavy atom. The van der Waals surface area contributed by atoms with Gasteiger partial charge in [-0.05, 0) is 48.0 Å². The molecular formula is C27H18N6O2. The fourth-order valence-corrected chi connectivity index (χ4v) is 4.04. The minimum Gasteiger partial charge on any atom is -0.338 e. The van der Waals surface area contributed by atoms with Gasteiger partial charge in [0.1, 0.15) is 5.69 Å². The molecule has 6 rings (SSSR count). The summed E-state index contributed by atoms with van der Waals surface area (Å²) in [6.07, 6.45) is 3.34. The smallest absolute Gasteiger partial charge is 0.281 e. The molecule has 8 nitrogen and oxygen atoms in total. The summed E-state index contributed by atoms with van der Waals surface area (Å²) in [7, 11) is 0. The van der Waals surface area contributed by atoms with Crippen LogP contribution in [0.15, 0.2) is 96.1 Å². The van der Waals surface area contributed by atoms with Gasteiger partial charge in [-0.25, -0.2) is 0 Å². The van der Waals surface area contributed by atoms with Crippen molar-refractivity contribution in [2.75, 3.05) is 5.32 Å². The minimum atomic E-state index is -0.312. The summed E-state index contributed by atoms with van der Waals surface area (Å²) >= 11 is 0. The highest BCUT2D eigenvalue weighted by Crippen LogP contribution is 2.30. The van der Waals surface area contributed by atoms with Gasteiger partial charge in [-0.3, -0.25) is 19.7 Å². The third-order valence-electron chi connectivity index (χ3n) is 5.78. The molecule has 6 aromatic rings. The molecule has 0 aliphatic heterocycles. The lowest BCUT2D eigenvalue weighted by atomic mass is 10.0. The molecule has 3 aromatic heterocycles. The molecule has 0 saturated heterocycles. The molecule has 0 aliphatic rings. The van der Waals surface area contributed by atoms with E-state index in [-0.39, 0.29) is 11.5 Å². The van der Waals surface area contributed by atoms with Gasteiger partial charge in [0.15, 0.2) is 5.82 Å². The van der Waals surface area contributed by atoms with Crippen molar-refractivity contribution in [1.82, 2.24) is 25.1 Å². The number of amides is 1. The van der Waals surface area contributed by atoms with Gasteiger partial charge in [0.2, 0.25) is 0 Å². The lowest BCUT2D eigenvalue weighted by Gasteiger charge is -2.08. The average Bonchev–Trinajstić information content (AvgIpc) is 3.33. The van der Waals surface area contributed by atoms with Crippen LogP contribution in [-0.2, 0) is 0 Å². The summed E-state index contributed by atoms with van der Waals surface area (Å²) in [6.45, 7) is 0. The third-order valence-corrected chi connectivity index (χ3v) is 5.78. The summed E-state index contributed by atoms with van der Waals surface area (Å²) in [5, 5.41) is 11.6. The number of hydrogen-bond donors (Lipinski definition) is 3. The van der Waals surface area contributed by atoms with Crippen molar-refractivity contribution in [3.63, 3.8) is 0 Å². The molecule has 0 bridgehead atoms. The molecule has 0 fully saturated rings. The molecule has 0 aliphatic carbocycles. The number of aromatic nitrogens is 5. The average molecular weight is 458 g/mol. The number of hydrogen-bond acceptors (Lipinski definition) is 5. The van der Waals surface area contributed by atoms with Crippen molar-refractivity contribution in [2.24, 2.45) is 0 Å². The van der Waals surface area contributed by atoms with Crippen LogP contribution in [0.3, 0.4) is 0 Å². The van der Waals surface area contributed by atoms with E-state index in [0.29, 0.717) is 33.7 Å².